The molecule has 1 aromatic rings. The van der Waals surface area contributed by atoms with Crippen molar-refractivity contribution in [3.63, 3.8) is 0 Å². The van der Waals surface area contributed by atoms with Gasteiger partial charge in [-0.3, -0.25) is 0 Å². The Balaban J connectivity index is 1.97. The smallest absolute Gasteiger partial charge is 0.0407 e. The molecule has 0 aromatic heterocycles. The summed E-state index contributed by atoms with van der Waals surface area (Å²) >= 11 is 7.91. The third-order valence-corrected chi connectivity index (χ3v) is 4.70. The number of nitrogens with one attached hydrogen (secondary N) is 1. The van der Waals surface area contributed by atoms with E-state index in [0.717, 1.165) is 5.02 Å². The van der Waals surface area contributed by atoms with E-state index in [1.165, 1.54) is 23.6 Å². The molecule has 1 N–H and O–H groups in total. The van der Waals surface area contributed by atoms with Gasteiger partial charge in [-0.2, -0.15) is 11.8 Å². The molecule has 1 aliphatic rings. The van der Waals surface area contributed by atoms with Crippen molar-refractivity contribution in [1.29, 1.82) is 0 Å². The van der Waals surface area contributed by atoms with Gasteiger partial charge in [-0.05, 0) is 41.9 Å². The Morgan fingerprint density at radius 1 is 1.31 bits per heavy atom. The molecular formula is C13H18ClNS. The van der Waals surface area contributed by atoms with Crippen molar-refractivity contribution >= 4 is 29.1 Å². The molecule has 0 radical (unpaired) electrons. The molecular weight excluding hydrogens is 238 g/mol. The number of halogens is 1. The van der Waals surface area contributed by atoms with Gasteiger partial charge in [-0.1, -0.05) is 25.4 Å². The number of benzene rings is 1. The summed E-state index contributed by atoms with van der Waals surface area (Å²) in [6, 6.07) is 8.55. The van der Waals surface area contributed by atoms with E-state index in [4.69, 9.17) is 11.6 Å². The summed E-state index contributed by atoms with van der Waals surface area (Å²) in [7, 11) is 0. The predicted molar refractivity (Wildman–Crippen MR) is 74.6 cm³/mol. The second kappa shape index (κ2) is 4.89. The van der Waals surface area contributed by atoms with Crippen LogP contribution in [0.3, 0.4) is 0 Å². The summed E-state index contributed by atoms with van der Waals surface area (Å²) in [5.74, 6) is 2.47. The summed E-state index contributed by atoms with van der Waals surface area (Å²) < 4.78 is 0. The first-order valence-corrected chi connectivity index (χ1v) is 7.18. The van der Waals surface area contributed by atoms with Crippen molar-refractivity contribution < 1.29 is 0 Å². The summed E-state index contributed by atoms with van der Waals surface area (Å²) in [6.45, 7) is 4.69. The normalized spacial score (nSPS) is 24.1. The first-order valence-electron chi connectivity index (χ1n) is 5.65. The molecule has 1 nitrogen and oxygen atoms in total. The minimum Gasteiger partial charge on any atom is -0.381 e. The van der Waals surface area contributed by atoms with Crippen LogP contribution in [0.1, 0.15) is 20.3 Å². The second-order valence-corrected chi connectivity index (χ2v) is 6.70. The Bertz CT molecular complexity index is 347. The zero-order valence-electron chi connectivity index (χ0n) is 9.79. The molecule has 2 rings (SSSR count). The number of thioether (sulfide) groups is 1. The quantitative estimate of drug-likeness (QED) is 0.847. The van der Waals surface area contributed by atoms with Crippen molar-refractivity contribution in [3.05, 3.63) is 29.3 Å². The number of hydrogen-bond acceptors (Lipinski definition) is 2. The van der Waals surface area contributed by atoms with Crippen LogP contribution in [0.5, 0.6) is 0 Å². The maximum atomic E-state index is 5.87. The Labute approximate surface area is 107 Å². The highest BCUT2D eigenvalue weighted by Gasteiger charge is 2.28. The first kappa shape index (κ1) is 12.1. The van der Waals surface area contributed by atoms with Crippen LogP contribution in [0, 0.1) is 5.41 Å². The molecule has 1 saturated heterocycles. The van der Waals surface area contributed by atoms with Gasteiger partial charge in [0.25, 0.3) is 0 Å². The molecule has 0 spiro atoms. The van der Waals surface area contributed by atoms with Gasteiger partial charge in [-0.25, -0.2) is 0 Å². The van der Waals surface area contributed by atoms with E-state index >= 15 is 0 Å². The lowest BCUT2D eigenvalue weighted by atomic mass is 9.88. The summed E-state index contributed by atoms with van der Waals surface area (Å²) in [5, 5.41) is 4.38. The number of rotatable bonds is 2. The Morgan fingerprint density at radius 2 is 2.00 bits per heavy atom. The van der Waals surface area contributed by atoms with E-state index in [-0.39, 0.29) is 0 Å². The van der Waals surface area contributed by atoms with Crippen molar-refractivity contribution in [1.82, 2.24) is 0 Å². The van der Waals surface area contributed by atoms with Gasteiger partial charge in [0.1, 0.15) is 0 Å². The average molecular weight is 256 g/mol. The highest BCUT2D eigenvalue weighted by atomic mass is 35.5. The predicted octanol–water partition coefficient (Wildman–Crippen LogP) is 4.28. The van der Waals surface area contributed by atoms with Crippen molar-refractivity contribution in [2.75, 3.05) is 16.8 Å². The molecule has 16 heavy (non-hydrogen) atoms. The summed E-state index contributed by atoms with van der Waals surface area (Å²) in [6.07, 6.45) is 1.24. The van der Waals surface area contributed by atoms with Gasteiger partial charge in [0.05, 0.1) is 0 Å². The van der Waals surface area contributed by atoms with E-state index in [0.29, 0.717) is 11.5 Å². The lowest BCUT2D eigenvalue weighted by Crippen LogP contribution is -2.35. The fourth-order valence-electron chi connectivity index (χ4n) is 2.14. The fraction of sp³-hybridized carbons (Fsp3) is 0.538. The van der Waals surface area contributed by atoms with Crippen LogP contribution in [0.15, 0.2) is 24.3 Å². The van der Waals surface area contributed by atoms with Crippen molar-refractivity contribution in [2.24, 2.45) is 5.41 Å². The lowest BCUT2D eigenvalue weighted by molar-refractivity contribution is 0.358. The molecule has 1 aromatic carbocycles. The highest BCUT2D eigenvalue weighted by molar-refractivity contribution is 7.99. The van der Waals surface area contributed by atoms with Crippen LogP contribution in [0.4, 0.5) is 5.69 Å². The van der Waals surface area contributed by atoms with Gasteiger partial charge in [0.2, 0.25) is 0 Å². The number of hydrogen-bond donors (Lipinski definition) is 1. The largest absolute Gasteiger partial charge is 0.381 e. The summed E-state index contributed by atoms with van der Waals surface area (Å²) in [5.41, 5.74) is 1.63. The lowest BCUT2D eigenvalue weighted by Gasteiger charge is -2.35. The standard InChI is InChI=1S/C13H18ClNS/c1-13(2)7-12(8-16-9-13)15-11-5-3-10(14)4-6-11/h3-6,12,15H,7-9H2,1-2H3. The first-order chi connectivity index (χ1) is 7.55. The molecule has 1 aliphatic heterocycles. The molecule has 1 atom stereocenters. The van der Waals surface area contributed by atoms with Crippen molar-refractivity contribution in [3.8, 4) is 0 Å². The zero-order chi connectivity index (χ0) is 11.6. The van der Waals surface area contributed by atoms with E-state index in [2.05, 4.69) is 31.3 Å². The molecule has 1 unspecified atom stereocenters. The summed E-state index contributed by atoms with van der Waals surface area (Å²) in [4.78, 5) is 0. The van der Waals surface area contributed by atoms with E-state index in [1.54, 1.807) is 0 Å². The van der Waals surface area contributed by atoms with Crippen LogP contribution < -0.4 is 5.32 Å². The van der Waals surface area contributed by atoms with E-state index < -0.39 is 0 Å². The van der Waals surface area contributed by atoms with Crippen LogP contribution in [0.25, 0.3) is 0 Å². The topological polar surface area (TPSA) is 12.0 Å². The van der Waals surface area contributed by atoms with Gasteiger partial charge in [-0.15, -0.1) is 0 Å². The minimum atomic E-state index is 0.451. The minimum absolute atomic E-state index is 0.451. The SMILES string of the molecule is CC1(C)CSCC(Nc2ccc(Cl)cc2)C1. The molecule has 0 saturated carbocycles. The van der Waals surface area contributed by atoms with Gasteiger partial charge in [0, 0.05) is 22.5 Å². The molecule has 0 aliphatic carbocycles. The van der Waals surface area contributed by atoms with Crippen LogP contribution in [-0.4, -0.2) is 17.5 Å². The van der Waals surface area contributed by atoms with Crippen molar-refractivity contribution in [2.45, 2.75) is 26.3 Å². The molecule has 88 valence electrons. The molecule has 1 heterocycles. The molecule has 0 amide bonds. The molecule has 1 fully saturated rings. The van der Waals surface area contributed by atoms with Crippen LogP contribution in [0.2, 0.25) is 5.02 Å². The monoisotopic (exact) mass is 255 g/mol. The fourth-order valence-corrected chi connectivity index (χ4v) is 3.54. The third-order valence-electron chi connectivity index (χ3n) is 2.83. The third kappa shape index (κ3) is 3.33. The van der Waals surface area contributed by atoms with E-state index in [1.807, 2.05) is 23.9 Å². The highest BCUT2D eigenvalue weighted by Crippen LogP contribution is 2.34. The Hall–Kier alpha value is -0.340. The average Bonchev–Trinajstić information content (AvgIpc) is 2.20. The van der Waals surface area contributed by atoms with E-state index in [9.17, 15) is 0 Å². The number of anilines is 1. The van der Waals surface area contributed by atoms with Crippen LogP contribution in [-0.2, 0) is 0 Å². The maximum Gasteiger partial charge on any atom is 0.0407 e. The zero-order valence-corrected chi connectivity index (χ0v) is 11.4. The van der Waals surface area contributed by atoms with Gasteiger partial charge < -0.3 is 5.32 Å². The van der Waals surface area contributed by atoms with Crippen LogP contribution >= 0.6 is 23.4 Å². The van der Waals surface area contributed by atoms with Gasteiger partial charge in [0.15, 0.2) is 0 Å². The Morgan fingerprint density at radius 3 is 2.62 bits per heavy atom. The Kier molecular flexibility index (Phi) is 3.70. The second-order valence-electron chi connectivity index (χ2n) is 5.23. The molecule has 3 heteroatoms. The van der Waals surface area contributed by atoms with Gasteiger partial charge >= 0.3 is 0 Å². The molecule has 0 bridgehead atoms. The maximum absolute atomic E-state index is 5.87.